The maximum Gasteiger partial charge on any atom is 0.161 e. The molecule has 0 amide bonds. The van der Waals surface area contributed by atoms with E-state index in [4.69, 9.17) is 17.3 Å². The summed E-state index contributed by atoms with van der Waals surface area (Å²) in [6.45, 7) is 2.40. The Balaban J connectivity index is 2.56. The molecule has 3 aromatic rings. The highest BCUT2D eigenvalue weighted by Gasteiger charge is 2.09. The van der Waals surface area contributed by atoms with E-state index >= 15 is 0 Å². The molecule has 0 unspecified atom stereocenters. The molecule has 0 aliphatic rings. The first-order chi connectivity index (χ1) is 8.20. The third-order valence-electron chi connectivity index (χ3n) is 2.91. The van der Waals surface area contributed by atoms with E-state index in [9.17, 15) is 0 Å². The summed E-state index contributed by atoms with van der Waals surface area (Å²) in [4.78, 5) is 0. The summed E-state index contributed by atoms with van der Waals surface area (Å²) in [5.41, 5.74) is 8.65. The SMILES string of the molecule is Cc1cc2nnc(CN)n2c2ccc(Cl)cc12. The fourth-order valence-corrected chi connectivity index (χ4v) is 2.28. The number of hydrogen-bond donors (Lipinski definition) is 1. The Morgan fingerprint density at radius 3 is 2.88 bits per heavy atom. The first-order valence-electron chi connectivity index (χ1n) is 5.33. The molecular formula is C12H11ClN4. The van der Waals surface area contributed by atoms with Crippen molar-refractivity contribution in [3.05, 3.63) is 40.7 Å². The van der Waals surface area contributed by atoms with Crippen molar-refractivity contribution >= 4 is 28.2 Å². The maximum absolute atomic E-state index is 6.02. The van der Waals surface area contributed by atoms with Crippen molar-refractivity contribution in [1.29, 1.82) is 0 Å². The Morgan fingerprint density at radius 1 is 1.29 bits per heavy atom. The predicted octanol–water partition coefficient (Wildman–Crippen LogP) is 2.30. The van der Waals surface area contributed by atoms with Crippen molar-refractivity contribution < 1.29 is 0 Å². The second-order valence-electron chi connectivity index (χ2n) is 4.00. The van der Waals surface area contributed by atoms with Crippen molar-refractivity contribution in [1.82, 2.24) is 14.6 Å². The second kappa shape index (κ2) is 3.68. The molecule has 0 atom stereocenters. The zero-order chi connectivity index (χ0) is 12.0. The second-order valence-corrected chi connectivity index (χ2v) is 4.44. The van der Waals surface area contributed by atoms with Crippen LogP contribution in [0.2, 0.25) is 5.02 Å². The molecular weight excluding hydrogens is 236 g/mol. The number of nitrogens with zero attached hydrogens (tertiary/aromatic N) is 3. The van der Waals surface area contributed by atoms with E-state index in [-0.39, 0.29) is 0 Å². The van der Waals surface area contributed by atoms with Crippen LogP contribution < -0.4 is 5.73 Å². The molecule has 0 aliphatic heterocycles. The van der Waals surface area contributed by atoms with Gasteiger partial charge in [-0.05, 0) is 36.8 Å². The van der Waals surface area contributed by atoms with Crippen LogP contribution in [-0.2, 0) is 6.54 Å². The van der Waals surface area contributed by atoms with Crippen molar-refractivity contribution in [3.63, 3.8) is 0 Å². The van der Waals surface area contributed by atoms with Gasteiger partial charge in [0.05, 0.1) is 12.1 Å². The van der Waals surface area contributed by atoms with Gasteiger partial charge in [0.2, 0.25) is 0 Å². The van der Waals surface area contributed by atoms with Gasteiger partial charge in [0.1, 0.15) is 0 Å². The fourth-order valence-electron chi connectivity index (χ4n) is 2.11. The van der Waals surface area contributed by atoms with E-state index in [2.05, 4.69) is 10.2 Å². The van der Waals surface area contributed by atoms with Crippen LogP contribution in [-0.4, -0.2) is 14.6 Å². The molecule has 2 aromatic heterocycles. The molecule has 86 valence electrons. The quantitative estimate of drug-likeness (QED) is 0.717. The van der Waals surface area contributed by atoms with Crippen LogP contribution in [0.15, 0.2) is 24.3 Å². The lowest BCUT2D eigenvalue weighted by Crippen LogP contribution is -2.03. The topological polar surface area (TPSA) is 56.2 Å². The van der Waals surface area contributed by atoms with E-state index in [1.807, 2.05) is 35.6 Å². The average molecular weight is 247 g/mol. The molecule has 0 bridgehead atoms. The molecule has 0 spiro atoms. The van der Waals surface area contributed by atoms with E-state index in [1.54, 1.807) is 0 Å². The Morgan fingerprint density at radius 2 is 2.12 bits per heavy atom. The van der Waals surface area contributed by atoms with Crippen LogP contribution in [0.5, 0.6) is 0 Å². The summed E-state index contributed by atoms with van der Waals surface area (Å²) in [5, 5.41) is 10.0. The van der Waals surface area contributed by atoms with Crippen molar-refractivity contribution in [2.45, 2.75) is 13.5 Å². The van der Waals surface area contributed by atoms with E-state index in [0.29, 0.717) is 6.54 Å². The normalized spacial score (nSPS) is 11.5. The van der Waals surface area contributed by atoms with Crippen LogP contribution in [0.4, 0.5) is 0 Å². The van der Waals surface area contributed by atoms with Crippen LogP contribution in [0.3, 0.4) is 0 Å². The number of rotatable bonds is 1. The number of benzene rings is 1. The number of halogens is 1. The van der Waals surface area contributed by atoms with Gasteiger partial charge in [-0.25, -0.2) is 0 Å². The number of fused-ring (bicyclic) bond motifs is 3. The minimum atomic E-state index is 0.363. The minimum Gasteiger partial charge on any atom is -0.324 e. The molecule has 2 N–H and O–H groups in total. The Bertz CT molecular complexity index is 717. The number of hydrogen-bond acceptors (Lipinski definition) is 3. The van der Waals surface area contributed by atoms with Crippen LogP contribution in [0, 0.1) is 6.92 Å². The van der Waals surface area contributed by atoms with Crippen molar-refractivity contribution in [3.8, 4) is 0 Å². The lowest BCUT2D eigenvalue weighted by atomic mass is 10.1. The molecule has 17 heavy (non-hydrogen) atoms. The van der Waals surface area contributed by atoms with Gasteiger partial charge >= 0.3 is 0 Å². The van der Waals surface area contributed by atoms with E-state index < -0.39 is 0 Å². The summed E-state index contributed by atoms with van der Waals surface area (Å²) in [7, 11) is 0. The summed E-state index contributed by atoms with van der Waals surface area (Å²) in [6.07, 6.45) is 0. The first-order valence-corrected chi connectivity index (χ1v) is 5.71. The smallest absolute Gasteiger partial charge is 0.161 e. The standard InChI is InChI=1S/C12H11ClN4/c1-7-4-11-15-16-12(6-14)17(11)10-3-2-8(13)5-9(7)10/h2-5H,6,14H2,1H3. The third kappa shape index (κ3) is 1.49. The molecule has 5 heteroatoms. The molecule has 0 fully saturated rings. The van der Waals surface area contributed by atoms with Crippen LogP contribution in [0.1, 0.15) is 11.4 Å². The molecule has 3 rings (SSSR count). The third-order valence-corrected chi connectivity index (χ3v) is 3.14. The summed E-state index contributed by atoms with van der Waals surface area (Å²) >= 11 is 6.02. The zero-order valence-corrected chi connectivity index (χ0v) is 10.1. The molecule has 0 saturated heterocycles. The van der Waals surface area contributed by atoms with Gasteiger partial charge < -0.3 is 5.73 Å². The number of aryl methyl sites for hydroxylation is 1. The Hall–Kier alpha value is -1.65. The highest BCUT2D eigenvalue weighted by Crippen LogP contribution is 2.24. The molecule has 0 radical (unpaired) electrons. The lowest BCUT2D eigenvalue weighted by molar-refractivity contribution is 0.894. The van der Waals surface area contributed by atoms with E-state index in [1.165, 1.54) is 0 Å². The van der Waals surface area contributed by atoms with Gasteiger partial charge in [-0.3, -0.25) is 4.40 Å². The molecule has 0 saturated carbocycles. The molecule has 0 aliphatic carbocycles. The van der Waals surface area contributed by atoms with Gasteiger partial charge in [0.15, 0.2) is 11.5 Å². The maximum atomic E-state index is 6.02. The van der Waals surface area contributed by atoms with Crippen LogP contribution in [0.25, 0.3) is 16.6 Å². The summed E-state index contributed by atoms with van der Waals surface area (Å²) in [6, 6.07) is 7.78. The highest BCUT2D eigenvalue weighted by molar-refractivity contribution is 6.31. The lowest BCUT2D eigenvalue weighted by Gasteiger charge is -2.07. The van der Waals surface area contributed by atoms with Gasteiger partial charge in [-0.2, -0.15) is 0 Å². The number of pyridine rings is 1. The summed E-state index contributed by atoms with van der Waals surface area (Å²) < 4.78 is 1.97. The summed E-state index contributed by atoms with van der Waals surface area (Å²) in [5.74, 6) is 0.757. The Labute approximate surface area is 103 Å². The first kappa shape index (κ1) is 10.5. The minimum absolute atomic E-state index is 0.363. The largest absolute Gasteiger partial charge is 0.324 e. The van der Waals surface area contributed by atoms with Gasteiger partial charge in [-0.1, -0.05) is 11.6 Å². The molecule has 1 aromatic carbocycles. The van der Waals surface area contributed by atoms with E-state index in [0.717, 1.165) is 33.0 Å². The fraction of sp³-hybridized carbons (Fsp3) is 0.167. The number of nitrogens with two attached hydrogens (primary N) is 1. The van der Waals surface area contributed by atoms with Crippen LogP contribution >= 0.6 is 11.6 Å². The predicted molar refractivity (Wildman–Crippen MR) is 68.1 cm³/mol. The van der Waals surface area contributed by atoms with Gasteiger partial charge in [-0.15, -0.1) is 10.2 Å². The zero-order valence-electron chi connectivity index (χ0n) is 9.31. The monoisotopic (exact) mass is 246 g/mol. The molecule has 2 heterocycles. The Kier molecular flexibility index (Phi) is 2.28. The number of aromatic nitrogens is 3. The molecule has 4 nitrogen and oxygen atoms in total. The van der Waals surface area contributed by atoms with Crippen molar-refractivity contribution in [2.75, 3.05) is 0 Å². The van der Waals surface area contributed by atoms with Gasteiger partial charge in [0.25, 0.3) is 0 Å². The average Bonchev–Trinajstić information content (AvgIpc) is 2.72. The van der Waals surface area contributed by atoms with Crippen molar-refractivity contribution in [2.24, 2.45) is 5.73 Å². The van der Waals surface area contributed by atoms with Gasteiger partial charge in [0, 0.05) is 10.4 Å². The highest BCUT2D eigenvalue weighted by atomic mass is 35.5.